The molecule has 192 valence electrons. The quantitative estimate of drug-likeness (QED) is 0.644. The van der Waals surface area contributed by atoms with Crippen LogP contribution in [0, 0.1) is 12.8 Å². The highest BCUT2D eigenvalue weighted by Crippen LogP contribution is 2.28. The van der Waals surface area contributed by atoms with Crippen LogP contribution in [0.1, 0.15) is 65.8 Å². The maximum absolute atomic E-state index is 13.6. The van der Waals surface area contributed by atoms with Gasteiger partial charge in [-0.3, -0.25) is 14.4 Å². The molecule has 0 radical (unpaired) electrons. The van der Waals surface area contributed by atoms with Crippen LogP contribution in [-0.4, -0.2) is 66.8 Å². The third-order valence-electron chi connectivity index (χ3n) is 6.95. The molecule has 0 bridgehead atoms. The zero-order valence-electron chi connectivity index (χ0n) is 21.8. The van der Waals surface area contributed by atoms with Crippen molar-refractivity contribution >= 4 is 29.1 Å². The summed E-state index contributed by atoms with van der Waals surface area (Å²) in [4.78, 5) is 44.9. The van der Waals surface area contributed by atoms with Crippen LogP contribution in [0.25, 0.3) is 0 Å². The monoisotopic (exact) mass is 490 g/mol. The first-order valence-electron chi connectivity index (χ1n) is 13.2. The Labute approximate surface area is 214 Å². The Bertz CT molecular complexity index is 1080. The van der Waals surface area contributed by atoms with Crippen molar-refractivity contribution in [3.63, 3.8) is 0 Å². The van der Waals surface area contributed by atoms with Crippen molar-refractivity contribution in [3.05, 3.63) is 59.2 Å². The van der Waals surface area contributed by atoms with Crippen LogP contribution in [0.5, 0.6) is 0 Å². The number of piperidine rings is 1. The minimum atomic E-state index is -0.0441. The van der Waals surface area contributed by atoms with Crippen molar-refractivity contribution in [1.29, 1.82) is 0 Å². The van der Waals surface area contributed by atoms with Crippen LogP contribution < -0.4 is 10.2 Å². The second kappa shape index (κ2) is 11.6. The number of rotatable bonds is 6. The molecule has 0 saturated carbocycles. The molecule has 2 fully saturated rings. The molecule has 1 N–H and O–H groups in total. The van der Waals surface area contributed by atoms with E-state index in [-0.39, 0.29) is 23.6 Å². The standard InChI is InChI=1S/C29H38N4O3/c1-21(2)19-27(34)30-24-11-12-26(25(20-24)29(36)32-13-5-4-6-14-32)31-15-17-33(18-16-31)28(35)23-9-7-22(3)8-10-23/h7-12,20-21H,4-6,13-19H2,1-3H3,(H,30,34). The van der Waals surface area contributed by atoms with Crippen LogP contribution in [0.2, 0.25) is 0 Å². The minimum absolute atomic E-state index is 0.0165. The Hall–Kier alpha value is -3.35. The lowest BCUT2D eigenvalue weighted by molar-refractivity contribution is -0.116. The highest BCUT2D eigenvalue weighted by atomic mass is 16.2. The van der Waals surface area contributed by atoms with Gasteiger partial charge in [0.15, 0.2) is 0 Å². The zero-order valence-corrected chi connectivity index (χ0v) is 21.8. The number of anilines is 2. The number of nitrogens with zero attached hydrogens (tertiary/aromatic N) is 3. The van der Waals surface area contributed by atoms with E-state index in [0.717, 1.165) is 43.6 Å². The summed E-state index contributed by atoms with van der Waals surface area (Å²) in [7, 11) is 0. The lowest BCUT2D eigenvalue weighted by Crippen LogP contribution is -2.49. The molecule has 7 heteroatoms. The van der Waals surface area contributed by atoms with Crippen molar-refractivity contribution < 1.29 is 14.4 Å². The van der Waals surface area contributed by atoms with Crippen LogP contribution in [0.4, 0.5) is 11.4 Å². The van der Waals surface area contributed by atoms with E-state index in [9.17, 15) is 14.4 Å². The van der Waals surface area contributed by atoms with E-state index in [1.807, 2.05) is 73.0 Å². The molecule has 2 heterocycles. The number of benzene rings is 2. The summed E-state index contributed by atoms with van der Waals surface area (Å²) < 4.78 is 0. The van der Waals surface area contributed by atoms with Gasteiger partial charge in [0.2, 0.25) is 5.91 Å². The van der Waals surface area contributed by atoms with E-state index in [4.69, 9.17) is 0 Å². The predicted octanol–water partition coefficient (Wildman–Crippen LogP) is 4.57. The third kappa shape index (κ3) is 6.25. The Kier molecular flexibility index (Phi) is 8.28. The maximum atomic E-state index is 13.6. The van der Waals surface area contributed by atoms with Gasteiger partial charge in [-0.05, 0) is 62.4 Å². The van der Waals surface area contributed by atoms with Crippen molar-refractivity contribution in [3.8, 4) is 0 Å². The molecule has 2 aliphatic rings. The molecule has 0 spiro atoms. The topological polar surface area (TPSA) is 73.0 Å². The van der Waals surface area contributed by atoms with Gasteiger partial charge in [0.05, 0.1) is 5.56 Å². The molecule has 0 unspecified atom stereocenters. The average Bonchev–Trinajstić information content (AvgIpc) is 2.88. The molecule has 2 aromatic rings. The maximum Gasteiger partial charge on any atom is 0.256 e. The van der Waals surface area contributed by atoms with Gasteiger partial charge in [-0.25, -0.2) is 0 Å². The van der Waals surface area contributed by atoms with Gasteiger partial charge in [-0.1, -0.05) is 31.5 Å². The number of nitrogens with one attached hydrogen (secondary N) is 1. The van der Waals surface area contributed by atoms with Gasteiger partial charge < -0.3 is 20.0 Å². The number of likely N-dealkylation sites (tertiary alicyclic amines) is 1. The Balaban J connectivity index is 1.51. The fourth-order valence-corrected chi connectivity index (χ4v) is 4.94. The number of hydrogen-bond acceptors (Lipinski definition) is 4. The summed E-state index contributed by atoms with van der Waals surface area (Å²) in [5.74, 6) is 0.278. The second-order valence-corrected chi connectivity index (χ2v) is 10.4. The molecular weight excluding hydrogens is 452 g/mol. The fourth-order valence-electron chi connectivity index (χ4n) is 4.94. The Morgan fingerprint density at radius 1 is 0.806 bits per heavy atom. The van der Waals surface area contributed by atoms with Crippen LogP contribution in [0.15, 0.2) is 42.5 Å². The number of hydrogen-bond donors (Lipinski definition) is 1. The van der Waals surface area contributed by atoms with E-state index in [2.05, 4.69) is 10.2 Å². The van der Waals surface area contributed by atoms with Gasteiger partial charge in [-0.2, -0.15) is 0 Å². The fraction of sp³-hybridized carbons (Fsp3) is 0.483. The Morgan fingerprint density at radius 2 is 1.44 bits per heavy atom. The molecule has 0 aliphatic carbocycles. The summed E-state index contributed by atoms with van der Waals surface area (Å²) in [5.41, 5.74) is 3.98. The van der Waals surface area contributed by atoms with Gasteiger partial charge in [0, 0.05) is 62.6 Å². The Morgan fingerprint density at radius 3 is 2.08 bits per heavy atom. The third-order valence-corrected chi connectivity index (χ3v) is 6.95. The molecule has 0 atom stereocenters. The molecule has 2 aromatic carbocycles. The summed E-state index contributed by atoms with van der Waals surface area (Å²) >= 11 is 0. The smallest absolute Gasteiger partial charge is 0.256 e. The number of carbonyl (C=O) groups is 3. The van der Waals surface area contributed by atoms with E-state index >= 15 is 0 Å². The van der Waals surface area contributed by atoms with Crippen LogP contribution >= 0.6 is 0 Å². The second-order valence-electron chi connectivity index (χ2n) is 10.4. The highest BCUT2D eigenvalue weighted by molar-refractivity contribution is 6.02. The van der Waals surface area contributed by atoms with Crippen LogP contribution in [-0.2, 0) is 4.79 Å². The molecular formula is C29H38N4O3. The number of carbonyl (C=O) groups excluding carboxylic acids is 3. The molecule has 3 amide bonds. The van der Waals surface area contributed by atoms with Crippen molar-refractivity contribution in [2.45, 2.75) is 46.5 Å². The van der Waals surface area contributed by atoms with Crippen molar-refractivity contribution in [2.75, 3.05) is 49.5 Å². The van der Waals surface area contributed by atoms with E-state index < -0.39 is 0 Å². The molecule has 36 heavy (non-hydrogen) atoms. The van der Waals surface area contributed by atoms with E-state index in [1.54, 1.807) is 0 Å². The first-order chi connectivity index (χ1) is 17.3. The zero-order chi connectivity index (χ0) is 25.7. The number of aryl methyl sites for hydroxylation is 1. The molecule has 7 nitrogen and oxygen atoms in total. The van der Waals surface area contributed by atoms with Crippen molar-refractivity contribution in [2.24, 2.45) is 5.92 Å². The summed E-state index contributed by atoms with van der Waals surface area (Å²) in [5, 5.41) is 2.96. The number of piperazine rings is 1. The van der Waals surface area contributed by atoms with Gasteiger partial charge in [-0.15, -0.1) is 0 Å². The normalized spacial score (nSPS) is 16.3. The largest absolute Gasteiger partial charge is 0.367 e. The molecule has 2 aliphatic heterocycles. The molecule has 2 saturated heterocycles. The summed E-state index contributed by atoms with van der Waals surface area (Å²) in [6.07, 6.45) is 3.63. The number of amides is 3. The summed E-state index contributed by atoms with van der Waals surface area (Å²) in [6, 6.07) is 13.3. The van der Waals surface area contributed by atoms with Gasteiger partial charge in [0.1, 0.15) is 0 Å². The first kappa shape index (κ1) is 25.7. The highest BCUT2D eigenvalue weighted by Gasteiger charge is 2.27. The van der Waals surface area contributed by atoms with E-state index in [1.165, 1.54) is 0 Å². The SMILES string of the molecule is Cc1ccc(C(=O)N2CCN(c3ccc(NC(=O)CC(C)C)cc3C(=O)N3CCCCC3)CC2)cc1. The summed E-state index contributed by atoms with van der Waals surface area (Å²) in [6.45, 7) is 10.1. The lowest BCUT2D eigenvalue weighted by Gasteiger charge is -2.37. The molecule has 4 rings (SSSR count). The molecule has 0 aromatic heterocycles. The van der Waals surface area contributed by atoms with Gasteiger partial charge in [0.25, 0.3) is 11.8 Å². The first-order valence-corrected chi connectivity index (χ1v) is 13.2. The van der Waals surface area contributed by atoms with Gasteiger partial charge >= 0.3 is 0 Å². The predicted molar refractivity (Wildman–Crippen MR) is 144 cm³/mol. The van der Waals surface area contributed by atoms with Crippen LogP contribution in [0.3, 0.4) is 0 Å². The minimum Gasteiger partial charge on any atom is -0.367 e. The van der Waals surface area contributed by atoms with E-state index in [0.29, 0.717) is 49.4 Å². The van der Waals surface area contributed by atoms with Crippen molar-refractivity contribution in [1.82, 2.24) is 9.80 Å². The lowest BCUT2D eigenvalue weighted by atomic mass is 10.0. The average molecular weight is 491 g/mol.